The van der Waals surface area contributed by atoms with Crippen LogP contribution in [0.25, 0.3) is 0 Å². The lowest BCUT2D eigenvalue weighted by molar-refractivity contribution is -0.141. The van der Waals surface area contributed by atoms with E-state index in [-0.39, 0.29) is 0 Å². The molecule has 14 heavy (non-hydrogen) atoms. The number of alkyl halides is 3. The lowest BCUT2D eigenvalue weighted by atomic mass is 10.4. The molecule has 0 aromatic carbocycles. The van der Waals surface area contributed by atoms with Crippen LogP contribution in [0.4, 0.5) is 13.2 Å². The van der Waals surface area contributed by atoms with Gasteiger partial charge < -0.3 is 0 Å². The summed E-state index contributed by atoms with van der Waals surface area (Å²) in [6, 6.07) is 1.13. The number of aromatic nitrogens is 2. The Morgan fingerprint density at radius 3 is 2.07 bits per heavy atom. The molecule has 0 bridgehead atoms. The molecular weight excluding hydrogens is 245 g/mol. The third-order valence-electron chi connectivity index (χ3n) is 1.18. The van der Waals surface area contributed by atoms with Crippen molar-refractivity contribution in [1.82, 2.24) is 10.2 Å². The Morgan fingerprint density at radius 1 is 1.21 bits per heavy atom. The molecule has 1 aromatic heterocycles. The summed E-state index contributed by atoms with van der Waals surface area (Å²) in [6.45, 7) is 0. The minimum atomic E-state index is -4.65. The van der Waals surface area contributed by atoms with E-state index in [2.05, 4.69) is 10.2 Å². The summed E-state index contributed by atoms with van der Waals surface area (Å²) in [5.74, 6) is 0. The smallest absolute Gasteiger partial charge is 0.205 e. The number of hydrogen-bond donors (Lipinski definition) is 0. The molecule has 1 heterocycles. The normalized spacial score (nSPS) is 12.9. The number of halogens is 4. The summed E-state index contributed by atoms with van der Waals surface area (Å²) < 4.78 is 56.9. The first-order chi connectivity index (χ1) is 6.21. The van der Waals surface area contributed by atoms with Gasteiger partial charge in [-0.15, -0.1) is 10.2 Å². The van der Waals surface area contributed by atoms with E-state index in [1.165, 1.54) is 0 Å². The van der Waals surface area contributed by atoms with Crippen molar-refractivity contribution in [1.29, 1.82) is 0 Å². The second-order valence-corrected chi connectivity index (χ2v) is 4.71. The van der Waals surface area contributed by atoms with Gasteiger partial charge in [0.25, 0.3) is 9.05 Å². The first kappa shape index (κ1) is 11.2. The van der Waals surface area contributed by atoms with E-state index < -0.39 is 25.9 Å². The minimum absolute atomic E-state index is 0.488. The Hall–Kier alpha value is -0.890. The maximum Gasteiger partial charge on any atom is 0.435 e. The molecule has 0 fully saturated rings. The Kier molecular flexibility index (Phi) is 2.68. The summed E-state index contributed by atoms with van der Waals surface area (Å²) in [6.07, 6.45) is -4.65. The topological polar surface area (TPSA) is 59.9 Å². The Labute approximate surface area is 81.1 Å². The van der Waals surface area contributed by atoms with Crippen molar-refractivity contribution in [2.75, 3.05) is 0 Å². The molecule has 4 nitrogen and oxygen atoms in total. The van der Waals surface area contributed by atoms with Crippen LogP contribution in [-0.4, -0.2) is 18.6 Å². The van der Waals surface area contributed by atoms with Gasteiger partial charge in [-0.2, -0.15) is 13.2 Å². The van der Waals surface area contributed by atoms with Crippen LogP contribution >= 0.6 is 10.7 Å². The summed E-state index contributed by atoms with van der Waals surface area (Å²) >= 11 is 0. The molecule has 1 aromatic rings. The number of hydrogen-bond acceptors (Lipinski definition) is 4. The summed E-state index contributed by atoms with van der Waals surface area (Å²) in [7, 11) is 0.680. The first-order valence-corrected chi connectivity index (χ1v) is 5.38. The van der Waals surface area contributed by atoms with Gasteiger partial charge in [0, 0.05) is 10.7 Å². The fourth-order valence-corrected chi connectivity index (χ4v) is 1.22. The van der Waals surface area contributed by atoms with E-state index in [1.807, 2.05) is 0 Å². The van der Waals surface area contributed by atoms with Gasteiger partial charge in [0.05, 0.1) is 0 Å². The molecule has 9 heteroatoms. The van der Waals surface area contributed by atoms with Crippen molar-refractivity contribution in [3.8, 4) is 0 Å². The van der Waals surface area contributed by atoms with Gasteiger partial charge in [0.1, 0.15) is 0 Å². The highest BCUT2D eigenvalue weighted by Gasteiger charge is 2.33. The zero-order chi connectivity index (χ0) is 11.0. The highest BCUT2D eigenvalue weighted by Crippen LogP contribution is 2.27. The second kappa shape index (κ2) is 3.35. The van der Waals surface area contributed by atoms with Crippen molar-refractivity contribution in [3.05, 3.63) is 17.8 Å². The zero-order valence-corrected chi connectivity index (χ0v) is 7.86. The minimum Gasteiger partial charge on any atom is -0.205 e. The maximum absolute atomic E-state index is 11.9. The van der Waals surface area contributed by atoms with Gasteiger partial charge in [-0.05, 0) is 12.1 Å². The third kappa shape index (κ3) is 2.55. The van der Waals surface area contributed by atoms with Crippen LogP contribution in [-0.2, 0) is 15.2 Å². The van der Waals surface area contributed by atoms with Crippen LogP contribution in [0.2, 0.25) is 0 Å². The van der Waals surface area contributed by atoms with Crippen LogP contribution in [0.15, 0.2) is 17.2 Å². The Balaban J connectivity index is 3.14. The standard InChI is InChI=1S/C5H2ClF3N2O2S/c6-14(12,13)4-2-1-3(10-11-4)5(7,8)9/h1-2H. The molecule has 0 aliphatic rings. The van der Waals surface area contributed by atoms with Gasteiger partial charge in [-0.1, -0.05) is 0 Å². The molecular formula is C5H2ClF3N2O2S. The average molecular weight is 247 g/mol. The van der Waals surface area contributed by atoms with Crippen LogP contribution in [0.5, 0.6) is 0 Å². The quantitative estimate of drug-likeness (QED) is 0.703. The highest BCUT2D eigenvalue weighted by atomic mass is 35.7. The van der Waals surface area contributed by atoms with Gasteiger partial charge in [0.2, 0.25) is 0 Å². The van der Waals surface area contributed by atoms with Crippen LogP contribution in [0.1, 0.15) is 5.69 Å². The van der Waals surface area contributed by atoms with Crippen molar-refractivity contribution in [2.24, 2.45) is 0 Å². The third-order valence-corrected chi connectivity index (χ3v) is 2.37. The largest absolute Gasteiger partial charge is 0.435 e. The van der Waals surface area contributed by atoms with E-state index in [0.717, 1.165) is 0 Å². The van der Waals surface area contributed by atoms with Gasteiger partial charge >= 0.3 is 6.18 Å². The molecule has 0 atom stereocenters. The van der Waals surface area contributed by atoms with Crippen molar-refractivity contribution >= 4 is 19.7 Å². The van der Waals surface area contributed by atoms with Crippen LogP contribution in [0.3, 0.4) is 0 Å². The fraction of sp³-hybridized carbons (Fsp3) is 0.200. The molecule has 0 saturated carbocycles. The molecule has 78 valence electrons. The molecule has 0 N–H and O–H groups in total. The maximum atomic E-state index is 11.9. The average Bonchev–Trinajstić information content (AvgIpc) is 2.01. The Bertz CT molecular complexity index is 427. The molecule has 0 aliphatic carbocycles. The second-order valence-electron chi connectivity index (χ2n) is 2.19. The van der Waals surface area contributed by atoms with Crippen molar-refractivity contribution < 1.29 is 21.6 Å². The fourth-order valence-electron chi connectivity index (χ4n) is 0.601. The molecule has 0 unspecified atom stereocenters. The summed E-state index contributed by atoms with van der Waals surface area (Å²) in [5, 5.41) is 4.79. The molecule has 0 radical (unpaired) electrons. The molecule has 0 spiro atoms. The highest BCUT2D eigenvalue weighted by molar-refractivity contribution is 8.13. The number of rotatable bonds is 1. The summed E-state index contributed by atoms with van der Waals surface area (Å²) in [4.78, 5) is 0. The zero-order valence-electron chi connectivity index (χ0n) is 6.29. The lowest BCUT2D eigenvalue weighted by Gasteiger charge is -2.03. The van der Waals surface area contributed by atoms with E-state index in [9.17, 15) is 21.6 Å². The van der Waals surface area contributed by atoms with E-state index in [4.69, 9.17) is 10.7 Å². The van der Waals surface area contributed by atoms with E-state index in [0.29, 0.717) is 12.1 Å². The van der Waals surface area contributed by atoms with Crippen molar-refractivity contribution in [2.45, 2.75) is 11.2 Å². The molecule has 1 rings (SSSR count). The van der Waals surface area contributed by atoms with Gasteiger partial charge in [-0.3, -0.25) is 0 Å². The summed E-state index contributed by atoms with van der Waals surface area (Å²) in [5.41, 5.74) is -1.28. The number of nitrogens with zero attached hydrogens (tertiary/aromatic N) is 2. The van der Waals surface area contributed by atoms with E-state index in [1.54, 1.807) is 0 Å². The van der Waals surface area contributed by atoms with Gasteiger partial charge in [-0.25, -0.2) is 8.42 Å². The molecule has 0 amide bonds. The predicted octanol–water partition coefficient (Wildman–Crippen LogP) is 1.42. The molecule has 0 aliphatic heterocycles. The van der Waals surface area contributed by atoms with Crippen LogP contribution in [0, 0.1) is 0 Å². The van der Waals surface area contributed by atoms with E-state index >= 15 is 0 Å². The molecule has 0 saturated heterocycles. The van der Waals surface area contributed by atoms with Crippen LogP contribution < -0.4 is 0 Å². The van der Waals surface area contributed by atoms with Crippen molar-refractivity contribution in [3.63, 3.8) is 0 Å². The van der Waals surface area contributed by atoms with Gasteiger partial charge in [0.15, 0.2) is 10.7 Å². The first-order valence-electron chi connectivity index (χ1n) is 3.07. The lowest BCUT2D eigenvalue weighted by Crippen LogP contribution is -2.10. The Morgan fingerprint density at radius 2 is 1.79 bits per heavy atom. The SMILES string of the molecule is O=S(=O)(Cl)c1ccc(C(F)(F)F)nn1. The predicted molar refractivity (Wildman–Crippen MR) is 40.1 cm³/mol. The monoisotopic (exact) mass is 246 g/mol.